The first kappa shape index (κ1) is 26.9. The summed E-state index contributed by atoms with van der Waals surface area (Å²) < 4.78 is 2.05. The van der Waals surface area contributed by atoms with E-state index in [1.54, 1.807) is 0 Å². The lowest BCUT2D eigenvalue weighted by Gasteiger charge is -2.11. The lowest BCUT2D eigenvalue weighted by molar-refractivity contribution is 1.18. The molecule has 0 N–H and O–H groups in total. The van der Waals surface area contributed by atoms with Crippen LogP contribution in [-0.2, 0) is 0 Å². The van der Waals surface area contributed by atoms with Gasteiger partial charge in [-0.15, -0.1) is 0 Å². The predicted molar refractivity (Wildman–Crippen MR) is 191 cm³/mol. The molecule has 0 amide bonds. The highest BCUT2D eigenvalue weighted by Crippen LogP contribution is 2.34. The average molecular weight is 602 g/mol. The number of nitrogens with zero attached hydrogens (tertiary/aromatic N) is 5. The number of fused-ring (bicyclic) bond motifs is 5. The van der Waals surface area contributed by atoms with E-state index in [0.29, 0.717) is 5.82 Å². The van der Waals surface area contributed by atoms with Crippen molar-refractivity contribution in [1.82, 2.24) is 24.3 Å². The molecule has 0 spiro atoms. The zero-order chi connectivity index (χ0) is 31.2. The van der Waals surface area contributed by atoms with E-state index in [1.807, 2.05) is 48.7 Å². The van der Waals surface area contributed by atoms with Crippen LogP contribution >= 0.6 is 0 Å². The van der Waals surface area contributed by atoms with Crippen LogP contribution in [0.1, 0.15) is 0 Å². The van der Waals surface area contributed by atoms with Gasteiger partial charge >= 0.3 is 0 Å². The first-order valence-corrected chi connectivity index (χ1v) is 15.7. The quantitative estimate of drug-likeness (QED) is 0.197. The van der Waals surface area contributed by atoms with E-state index in [9.17, 15) is 0 Å². The van der Waals surface area contributed by atoms with Crippen LogP contribution in [0.2, 0.25) is 0 Å². The highest BCUT2D eigenvalue weighted by molar-refractivity contribution is 6.09. The first-order valence-electron chi connectivity index (χ1n) is 15.7. The zero-order valence-corrected chi connectivity index (χ0v) is 25.3. The summed E-state index contributed by atoms with van der Waals surface area (Å²) >= 11 is 0. The Hall–Kier alpha value is -6.46. The second-order valence-corrected chi connectivity index (χ2v) is 11.6. The van der Waals surface area contributed by atoms with Gasteiger partial charge in [-0.2, -0.15) is 0 Å². The maximum Gasteiger partial charge on any atom is 0.165 e. The highest BCUT2D eigenvalue weighted by Gasteiger charge is 2.16. The second kappa shape index (κ2) is 11.2. The van der Waals surface area contributed by atoms with Crippen molar-refractivity contribution in [2.75, 3.05) is 0 Å². The Balaban J connectivity index is 1.15. The minimum Gasteiger partial charge on any atom is -0.284 e. The van der Waals surface area contributed by atoms with Gasteiger partial charge in [0.05, 0.1) is 17.1 Å². The van der Waals surface area contributed by atoms with E-state index in [2.05, 4.69) is 120 Å². The molecule has 0 aliphatic carbocycles. The molecule has 0 saturated carbocycles. The smallest absolute Gasteiger partial charge is 0.165 e. The van der Waals surface area contributed by atoms with Gasteiger partial charge < -0.3 is 0 Å². The molecular formula is C42H27N5. The average Bonchev–Trinajstić information content (AvgIpc) is 3.54. The molecule has 0 fully saturated rings. The topological polar surface area (TPSA) is 56.0 Å². The third-order valence-electron chi connectivity index (χ3n) is 8.66. The van der Waals surface area contributed by atoms with Gasteiger partial charge in [0.2, 0.25) is 0 Å². The van der Waals surface area contributed by atoms with E-state index in [4.69, 9.17) is 19.9 Å². The minimum atomic E-state index is 0.676. The second-order valence-electron chi connectivity index (χ2n) is 11.6. The van der Waals surface area contributed by atoms with Crippen molar-refractivity contribution in [1.29, 1.82) is 0 Å². The van der Waals surface area contributed by atoms with Crippen LogP contribution in [0.5, 0.6) is 0 Å². The number of hydrogen-bond donors (Lipinski definition) is 0. The third kappa shape index (κ3) is 4.82. The van der Waals surface area contributed by atoms with Crippen LogP contribution in [0.25, 0.3) is 83.9 Å². The van der Waals surface area contributed by atoms with Crippen molar-refractivity contribution in [3.63, 3.8) is 0 Å². The van der Waals surface area contributed by atoms with Crippen molar-refractivity contribution >= 4 is 27.6 Å². The van der Waals surface area contributed by atoms with Crippen LogP contribution in [0.15, 0.2) is 164 Å². The summed E-state index contributed by atoms with van der Waals surface area (Å²) in [5.41, 5.74) is 11.7. The number of rotatable bonds is 5. The van der Waals surface area contributed by atoms with E-state index in [-0.39, 0.29) is 0 Å². The fourth-order valence-electron chi connectivity index (χ4n) is 6.27. The summed E-state index contributed by atoms with van der Waals surface area (Å²) in [7, 11) is 0. The number of hydrogen-bond acceptors (Lipinski definition) is 4. The summed E-state index contributed by atoms with van der Waals surface area (Å²) in [6.45, 7) is 0. The van der Waals surface area contributed by atoms with Gasteiger partial charge in [-0.05, 0) is 29.3 Å². The maximum atomic E-state index is 5.17. The Morgan fingerprint density at radius 1 is 0.383 bits per heavy atom. The number of benzene rings is 5. The van der Waals surface area contributed by atoms with Gasteiger partial charge in [0.15, 0.2) is 11.5 Å². The zero-order valence-electron chi connectivity index (χ0n) is 25.3. The van der Waals surface area contributed by atoms with Crippen molar-refractivity contribution in [3.05, 3.63) is 164 Å². The van der Waals surface area contributed by atoms with Crippen molar-refractivity contribution in [2.24, 2.45) is 0 Å². The largest absolute Gasteiger partial charge is 0.284 e. The van der Waals surface area contributed by atoms with Crippen LogP contribution in [-0.4, -0.2) is 24.3 Å². The van der Waals surface area contributed by atoms with E-state index >= 15 is 0 Å². The minimum absolute atomic E-state index is 0.676. The predicted octanol–water partition coefficient (Wildman–Crippen LogP) is 10.2. The maximum absolute atomic E-state index is 5.17. The normalized spacial score (nSPS) is 11.4. The third-order valence-corrected chi connectivity index (χ3v) is 8.66. The van der Waals surface area contributed by atoms with Gasteiger partial charge in [0, 0.05) is 39.2 Å². The fourth-order valence-corrected chi connectivity index (χ4v) is 6.27. The lowest BCUT2D eigenvalue weighted by Crippen LogP contribution is -1.96. The van der Waals surface area contributed by atoms with Gasteiger partial charge in [-0.1, -0.05) is 140 Å². The monoisotopic (exact) mass is 601 g/mol. The molecule has 0 bridgehead atoms. The molecule has 0 atom stereocenters. The summed E-state index contributed by atoms with van der Waals surface area (Å²) in [4.78, 5) is 20.2. The van der Waals surface area contributed by atoms with Crippen LogP contribution in [0.4, 0.5) is 0 Å². The van der Waals surface area contributed by atoms with E-state index < -0.39 is 0 Å². The van der Waals surface area contributed by atoms with Crippen LogP contribution in [0, 0.1) is 0 Å². The number of imidazole rings is 1. The Kier molecular flexibility index (Phi) is 6.39. The summed E-state index contributed by atoms with van der Waals surface area (Å²) in [6.07, 6.45) is 2.02. The SMILES string of the molecule is c1ccc(-c2ccc(-c3cc(-c4ccccc4)nc(-c4ccc(-c5nc6c(nc7ccccn76)c6ccccc56)cc4)n3)cc2)cc1. The molecule has 47 heavy (non-hydrogen) atoms. The molecule has 5 heteroatoms. The molecule has 4 aromatic heterocycles. The Morgan fingerprint density at radius 2 is 0.915 bits per heavy atom. The molecule has 5 aromatic carbocycles. The first-order chi connectivity index (χ1) is 23.3. The molecule has 5 nitrogen and oxygen atoms in total. The van der Waals surface area contributed by atoms with Crippen molar-refractivity contribution in [3.8, 4) is 56.3 Å². The molecule has 0 saturated heterocycles. The van der Waals surface area contributed by atoms with Gasteiger partial charge in [-0.25, -0.2) is 19.9 Å². The van der Waals surface area contributed by atoms with Crippen LogP contribution < -0.4 is 0 Å². The summed E-state index contributed by atoms with van der Waals surface area (Å²) in [6, 6.07) is 54.2. The molecule has 9 aromatic rings. The van der Waals surface area contributed by atoms with Gasteiger partial charge in [0.1, 0.15) is 11.2 Å². The molecule has 220 valence electrons. The Morgan fingerprint density at radius 3 is 1.64 bits per heavy atom. The van der Waals surface area contributed by atoms with E-state index in [0.717, 1.165) is 66.9 Å². The van der Waals surface area contributed by atoms with E-state index in [1.165, 1.54) is 11.1 Å². The molecule has 0 unspecified atom stereocenters. The molecule has 4 heterocycles. The number of pyridine rings is 2. The van der Waals surface area contributed by atoms with Crippen molar-refractivity contribution in [2.45, 2.75) is 0 Å². The number of aromatic nitrogens is 5. The molecular weight excluding hydrogens is 574 g/mol. The van der Waals surface area contributed by atoms with Crippen molar-refractivity contribution < 1.29 is 0 Å². The Labute approximate surface area is 271 Å². The Bertz CT molecular complexity index is 2540. The summed E-state index contributed by atoms with van der Waals surface area (Å²) in [5.74, 6) is 0.676. The molecule has 9 rings (SSSR count). The lowest BCUT2D eigenvalue weighted by atomic mass is 10.0. The van der Waals surface area contributed by atoms with Gasteiger partial charge in [-0.3, -0.25) is 4.40 Å². The molecule has 0 aliphatic rings. The summed E-state index contributed by atoms with van der Waals surface area (Å²) in [5, 5.41) is 2.15. The van der Waals surface area contributed by atoms with Gasteiger partial charge in [0.25, 0.3) is 0 Å². The molecule has 0 aliphatic heterocycles. The standard InChI is InChI=1S/C42H27N5/c1-3-11-28(12-4-1)29-18-20-31(21-19-29)37-27-36(30-13-5-2-6-14-30)43-41(44-37)33-24-22-32(23-25-33)39-34-15-7-8-16-35(34)40-42(46-39)47-26-10-9-17-38(47)45-40/h1-27H. The highest BCUT2D eigenvalue weighted by atomic mass is 15.1. The fraction of sp³-hybridized carbons (Fsp3) is 0. The van der Waals surface area contributed by atoms with Crippen LogP contribution in [0.3, 0.4) is 0 Å². The molecule has 0 radical (unpaired) electrons.